The first kappa shape index (κ1) is 16.5. The van der Waals surface area contributed by atoms with Gasteiger partial charge >= 0.3 is 5.97 Å². The van der Waals surface area contributed by atoms with Gasteiger partial charge in [-0.15, -0.1) is 12.4 Å². The molecular weight excluding hydrogens is 314 g/mol. The summed E-state index contributed by atoms with van der Waals surface area (Å²) in [5.74, 6) is -0.993. The molecule has 0 saturated carbocycles. The lowest BCUT2D eigenvalue weighted by Gasteiger charge is -2.04. The van der Waals surface area contributed by atoms with Gasteiger partial charge in [-0.25, -0.2) is 4.79 Å². The number of halogens is 1. The molecule has 0 fully saturated rings. The fourth-order valence-electron chi connectivity index (χ4n) is 2.17. The Morgan fingerprint density at radius 2 is 1.83 bits per heavy atom. The average Bonchev–Trinajstić information content (AvgIpc) is 2.55. The number of hydrazone groups is 1. The summed E-state index contributed by atoms with van der Waals surface area (Å²) in [7, 11) is 0. The van der Waals surface area contributed by atoms with Gasteiger partial charge in [-0.2, -0.15) is 5.10 Å². The molecule has 2 aromatic carbocycles. The first-order valence-corrected chi connectivity index (χ1v) is 6.71. The molecule has 3 rings (SSSR count). The molecule has 0 atom stereocenters. The van der Waals surface area contributed by atoms with E-state index in [-0.39, 0.29) is 18.0 Å². The third-order valence-corrected chi connectivity index (χ3v) is 3.23. The smallest absolute Gasteiger partial charge is 0.337 e. The van der Waals surface area contributed by atoms with Crippen molar-refractivity contribution in [2.45, 2.75) is 0 Å². The van der Waals surface area contributed by atoms with E-state index in [1.165, 1.54) is 6.07 Å². The molecular formula is C17H14ClN3O2. The number of pyridine rings is 1. The van der Waals surface area contributed by atoms with E-state index >= 15 is 0 Å². The number of aromatic carboxylic acids is 1. The lowest BCUT2D eigenvalue weighted by Crippen LogP contribution is -2.02. The number of nitrogens with zero attached hydrogens (tertiary/aromatic N) is 2. The second-order valence-electron chi connectivity index (χ2n) is 4.64. The van der Waals surface area contributed by atoms with Crippen LogP contribution in [-0.4, -0.2) is 22.3 Å². The largest absolute Gasteiger partial charge is 0.478 e. The fraction of sp³-hybridized carbons (Fsp3) is 0. The molecule has 1 aromatic heterocycles. The van der Waals surface area contributed by atoms with E-state index in [1.807, 2.05) is 30.3 Å². The predicted molar refractivity (Wildman–Crippen MR) is 93.6 cm³/mol. The van der Waals surface area contributed by atoms with Gasteiger partial charge in [-0.3, -0.25) is 10.4 Å². The van der Waals surface area contributed by atoms with Crippen molar-refractivity contribution >= 4 is 41.2 Å². The SMILES string of the molecule is Cl.O=C(O)c1ccccc1NN=Cc1ccnc2ccccc12. The monoisotopic (exact) mass is 327 g/mol. The van der Waals surface area contributed by atoms with E-state index in [0.717, 1.165) is 16.5 Å². The van der Waals surface area contributed by atoms with Crippen LogP contribution in [0.4, 0.5) is 5.69 Å². The van der Waals surface area contributed by atoms with Gasteiger partial charge < -0.3 is 5.11 Å². The molecule has 0 spiro atoms. The number of rotatable bonds is 4. The molecule has 0 unspecified atom stereocenters. The summed E-state index contributed by atoms with van der Waals surface area (Å²) in [5, 5.41) is 14.3. The van der Waals surface area contributed by atoms with Gasteiger partial charge in [0.05, 0.1) is 23.0 Å². The zero-order valence-corrected chi connectivity index (χ0v) is 12.8. The lowest BCUT2D eigenvalue weighted by atomic mass is 10.1. The van der Waals surface area contributed by atoms with E-state index in [2.05, 4.69) is 15.5 Å². The molecule has 2 N–H and O–H groups in total. The number of fused-ring (bicyclic) bond motifs is 1. The number of nitrogens with one attached hydrogen (secondary N) is 1. The number of carboxylic acid groups (broad SMARTS) is 1. The molecule has 0 aliphatic rings. The maximum Gasteiger partial charge on any atom is 0.337 e. The van der Waals surface area contributed by atoms with Gasteiger partial charge in [0.15, 0.2) is 0 Å². The van der Waals surface area contributed by atoms with Crippen LogP contribution in [-0.2, 0) is 0 Å². The molecule has 1 heterocycles. The molecule has 0 aliphatic carbocycles. The molecule has 23 heavy (non-hydrogen) atoms. The Bertz CT molecular complexity index is 860. The van der Waals surface area contributed by atoms with Crippen molar-refractivity contribution in [3.05, 3.63) is 71.9 Å². The zero-order chi connectivity index (χ0) is 15.4. The molecule has 0 radical (unpaired) electrons. The summed E-state index contributed by atoms with van der Waals surface area (Å²) in [4.78, 5) is 15.4. The van der Waals surface area contributed by atoms with Crippen LogP contribution in [0.25, 0.3) is 10.9 Å². The minimum atomic E-state index is -0.993. The molecule has 6 heteroatoms. The molecule has 0 bridgehead atoms. The first-order chi connectivity index (χ1) is 10.8. The van der Waals surface area contributed by atoms with Crippen LogP contribution < -0.4 is 5.43 Å². The molecule has 116 valence electrons. The van der Waals surface area contributed by atoms with Gasteiger partial charge in [0.1, 0.15) is 0 Å². The normalized spacial score (nSPS) is 10.4. The van der Waals surface area contributed by atoms with E-state index in [9.17, 15) is 4.79 Å². The zero-order valence-electron chi connectivity index (χ0n) is 12.0. The Kier molecular flexibility index (Phi) is 5.28. The molecule has 0 aliphatic heterocycles. The number of anilines is 1. The Hall–Kier alpha value is -2.92. The highest BCUT2D eigenvalue weighted by Crippen LogP contribution is 2.16. The minimum Gasteiger partial charge on any atom is -0.478 e. The van der Waals surface area contributed by atoms with Crippen molar-refractivity contribution in [3.63, 3.8) is 0 Å². The maximum absolute atomic E-state index is 11.1. The Balaban J connectivity index is 0.00000192. The van der Waals surface area contributed by atoms with Gasteiger partial charge in [0.25, 0.3) is 0 Å². The van der Waals surface area contributed by atoms with Crippen LogP contribution in [0.5, 0.6) is 0 Å². The minimum absolute atomic E-state index is 0. The van der Waals surface area contributed by atoms with Crippen molar-refractivity contribution in [3.8, 4) is 0 Å². The van der Waals surface area contributed by atoms with Crippen molar-refractivity contribution in [1.82, 2.24) is 4.98 Å². The summed E-state index contributed by atoms with van der Waals surface area (Å²) in [6.07, 6.45) is 3.37. The van der Waals surface area contributed by atoms with Crippen molar-refractivity contribution in [2.75, 3.05) is 5.43 Å². The number of hydrogen-bond acceptors (Lipinski definition) is 4. The highest BCUT2D eigenvalue weighted by Gasteiger charge is 2.07. The third-order valence-electron chi connectivity index (χ3n) is 3.23. The highest BCUT2D eigenvalue weighted by atomic mass is 35.5. The number of aromatic nitrogens is 1. The number of para-hydroxylation sites is 2. The fourth-order valence-corrected chi connectivity index (χ4v) is 2.17. The topological polar surface area (TPSA) is 74.6 Å². The number of carbonyl (C=O) groups is 1. The average molecular weight is 328 g/mol. The highest BCUT2D eigenvalue weighted by molar-refractivity contribution is 5.98. The van der Waals surface area contributed by atoms with Gasteiger partial charge in [-0.05, 0) is 24.3 Å². The second kappa shape index (κ2) is 7.38. The standard InChI is InChI=1S/C17H13N3O2.ClH/c21-17(22)14-6-2-4-8-16(14)20-19-11-12-9-10-18-15-7-3-1-5-13(12)15;/h1-11,20H,(H,21,22);1H. The van der Waals surface area contributed by atoms with E-state index in [0.29, 0.717) is 5.69 Å². The molecule has 3 aromatic rings. The van der Waals surface area contributed by atoms with Gasteiger partial charge in [-0.1, -0.05) is 30.3 Å². The van der Waals surface area contributed by atoms with E-state index in [4.69, 9.17) is 5.11 Å². The quantitative estimate of drug-likeness (QED) is 0.564. The third kappa shape index (κ3) is 3.64. The van der Waals surface area contributed by atoms with Crippen molar-refractivity contribution in [2.24, 2.45) is 5.10 Å². The number of benzene rings is 2. The second-order valence-corrected chi connectivity index (χ2v) is 4.64. The number of hydrogen-bond donors (Lipinski definition) is 2. The van der Waals surface area contributed by atoms with Crippen LogP contribution in [0.2, 0.25) is 0 Å². The van der Waals surface area contributed by atoms with E-state index < -0.39 is 5.97 Å². The van der Waals surface area contributed by atoms with Gasteiger partial charge in [0, 0.05) is 17.1 Å². The van der Waals surface area contributed by atoms with E-state index in [1.54, 1.807) is 30.6 Å². The van der Waals surface area contributed by atoms with Crippen molar-refractivity contribution in [1.29, 1.82) is 0 Å². The summed E-state index contributed by atoms with van der Waals surface area (Å²) in [6.45, 7) is 0. The van der Waals surface area contributed by atoms with Crippen LogP contribution in [0.3, 0.4) is 0 Å². The number of carboxylic acids is 1. The molecule has 0 saturated heterocycles. The first-order valence-electron chi connectivity index (χ1n) is 6.71. The summed E-state index contributed by atoms with van der Waals surface area (Å²) >= 11 is 0. The van der Waals surface area contributed by atoms with Crippen LogP contribution in [0, 0.1) is 0 Å². The summed E-state index contributed by atoms with van der Waals surface area (Å²) in [6, 6.07) is 16.3. The predicted octanol–water partition coefficient (Wildman–Crippen LogP) is 3.80. The lowest BCUT2D eigenvalue weighted by molar-refractivity contribution is 0.0698. The summed E-state index contributed by atoms with van der Waals surface area (Å²) < 4.78 is 0. The van der Waals surface area contributed by atoms with Crippen LogP contribution in [0.1, 0.15) is 15.9 Å². The maximum atomic E-state index is 11.1. The Morgan fingerprint density at radius 1 is 1.09 bits per heavy atom. The van der Waals surface area contributed by atoms with Crippen LogP contribution >= 0.6 is 12.4 Å². The molecule has 5 nitrogen and oxygen atoms in total. The summed E-state index contributed by atoms with van der Waals surface area (Å²) in [5.41, 5.74) is 5.20. The van der Waals surface area contributed by atoms with Gasteiger partial charge in [0.2, 0.25) is 0 Å². The van der Waals surface area contributed by atoms with Crippen molar-refractivity contribution < 1.29 is 9.90 Å². The van der Waals surface area contributed by atoms with Crippen LogP contribution in [0.15, 0.2) is 65.9 Å². The molecule has 0 amide bonds. The Labute approximate surface area is 139 Å². The Morgan fingerprint density at radius 3 is 2.65 bits per heavy atom.